The van der Waals surface area contributed by atoms with E-state index in [0.717, 1.165) is 17.2 Å². The molecule has 4 aromatic rings. The monoisotopic (exact) mass is 429 g/mol. The van der Waals surface area contributed by atoms with Crippen LogP contribution in [0.1, 0.15) is 10.4 Å². The first-order chi connectivity index (χ1) is 15.7. The number of carbonyl (C=O) groups excluding carboxylic acids is 1. The lowest BCUT2D eigenvalue weighted by atomic mass is 10.1. The number of hydrogen-bond donors (Lipinski definition) is 0. The van der Waals surface area contributed by atoms with Gasteiger partial charge >= 0.3 is 5.63 Å². The Labute approximate surface area is 185 Å². The van der Waals surface area contributed by atoms with Gasteiger partial charge in [0.05, 0.1) is 13.1 Å². The lowest BCUT2D eigenvalue weighted by Gasteiger charge is -2.25. The molecule has 0 aliphatic rings. The second-order valence-corrected chi connectivity index (χ2v) is 7.14. The summed E-state index contributed by atoms with van der Waals surface area (Å²) in [5.41, 5.74) is 0.662. The topological polar surface area (TPSA) is 69.0 Å². The number of rotatable bonds is 10. The summed E-state index contributed by atoms with van der Waals surface area (Å²) in [5.74, 6) is 1.61. The smallest absolute Gasteiger partial charge is 0.346 e. The quantitative estimate of drug-likeness (QED) is 0.272. The minimum atomic E-state index is -0.643. The second-order valence-electron chi connectivity index (χ2n) is 7.14. The number of fused-ring (bicyclic) bond motifs is 1. The molecule has 0 aliphatic heterocycles. The number of ether oxygens (including phenoxy) is 2. The molecule has 32 heavy (non-hydrogen) atoms. The molecule has 6 heteroatoms. The maximum absolute atomic E-state index is 12.0. The predicted octanol–water partition coefficient (Wildman–Crippen LogP) is 4.57. The molecule has 0 amide bonds. The third kappa shape index (κ3) is 5.35. The number of nitrogens with zero attached hydrogens (tertiary/aromatic N) is 1. The molecular formula is C26H23NO5. The van der Waals surface area contributed by atoms with Gasteiger partial charge in [0.25, 0.3) is 0 Å². The van der Waals surface area contributed by atoms with E-state index in [1.54, 1.807) is 12.1 Å². The maximum Gasteiger partial charge on any atom is 0.346 e. The summed E-state index contributed by atoms with van der Waals surface area (Å²) in [7, 11) is 0. The SMILES string of the molecule is O=Cc1cc2ccc(N(CCOc3ccccc3)CCOc3ccccc3)cc2oc1=O. The molecule has 0 spiro atoms. The van der Waals surface area contributed by atoms with E-state index in [4.69, 9.17) is 13.9 Å². The van der Waals surface area contributed by atoms with Gasteiger partial charge in [-0.3, -0.25) is 4.79 Å². The number of carbonyl (C=O) groups is 1. The Hall–Kier alpha value is -4.06. The standard InChI is InChI=1S/C26H23NO5/c28-19-21-17-20-11-12-22(18-25(20)32-26(21)29)27(13-15-30-23-7-3-1-4-8-23)14-16-31-24-9-5-2-6-10-24/h1-12,17-19H,13-16H2. The predicted molar refractivity (Wildman–Crippen MR) is 124 cm³/mol. The average molecular weight is 429 g/mol. The van der Waals surface area contributed by atoms with E-state index in [1.165, 1.54) is 0 Å². The van der Waals surface area contributed by atoms with Crippen LogP contribution in [0, 0.1) is 0 Å². The third-order valence-corrected chi connectivity index (χ3v) is 4.98. The maximum atomic E-state index is 12.0. The fraction of sp³-hybridized carbons (Fsp3) is 0.154. The summed E-state index contributed by atoms with van der Waals surface area (Å²) >= 11 is 0. The molecule has 1 heterocycles. The van der Waals surface area contributed by atoms with Gasteiger partial charge in [0.2, 0.25) is 0 Å². The molecule has 6 nitrogen and oxygen atoms in total. The first-order valence-electron chi connectivity index (χ1n) is 10.4. The Balaban J connectivity index is 1.51. The van der Waals surface area contributed by atoms with Gasteiger partial charge < -0.3 is 18.8 Å². The van der Waals surface area contributed by atoms with Crippen LogP contribution in [0.4, 0.5) is 5.69 Å². The summed E-state index contributed by atoms with van der Waals surface area (Å²) < 4.78 is 17.1. The lowest BCUT2D eigenvalue weighted by molar-refractivity contribution is 0.112. The van der Waals surface area contributed by atoms with E-state index >= 15 is 0 Å². The zero-order valence-electron chi connectivity index (χ0n) is 17.5. The molecule has 162 valence electrons. The minimum Gasteiger partial charge on any atom is -0.492 e. The van der Waals surface area contributed by atoms with Crippen molar-refractivity contribution in [3.63, 3.8) is 0 Å². The van der Waals surface area contributed by atoms with Crippen LogP contribution < -0.4 is 20.0 Å². The van der Waals surface area contributed by atoms with Crippen LogP contribution in [0.2, 0.25) is 0 Å². The van der Waals surface area contributed by atoms with E-state index in [-0.39, 0.29) is 5.56 Å². The largest absolute Gasteiger partial charge is 0.492 e. The summed E-state index contributed by atoms with van der Waals surface area (Å²) in [4.78, 5) is 25.1. The highest BCUT2D eigenvalue weighted by atomic mass is 16.5. The molecule has 0 unspecified atom stereocenters. The van der Waals surface area contributed by atoms with E-state index in [1.807, 2.05) is 72.8 Å². The van der Waals surface area contributed by atoms with Gasteiger partial charge in [-0.1, -0.05) is 36.4 Å². The molecule has 1 aromatic heterocycles. The van der Waals surface area contributed by atoms with Crippen LogP contribution in [0.3, 0.4) is 0 Å². The van der Waals surface area contributed by atoms with Gasteiger partial charge in [-0.15, -0.1) is 0 Å². The van der Waals surface area contributed by atoms with Crippen molar-refractivity contribution in [1.29, 1.82) is 0 Å². The average Bonchev–Trinajstić information content (AvgIpc) is 2.83. The molecular weight excluding hydrogens is 406 g/mol. The zero-order chi connectivity index (χ0) is 22.2. The van der Waals surface area contributed by atoms with E-state index in [2.05, 4.69) is 4.90 Å². The van der Waals surface area contributed by atoms with Gasteiger partial charge in [0, 0.05) is 17.1 Å². The van der Waals surface area contributed by atoms with Crippen LogP contribution in [-0.4, -0.2) is 32.6 Å². The van der Waals surface area contributed by atoms with Crippen molar-refractivity contribution in [2.75, 3.05) is 31.2 Å². The molecule has 3 aromatic carbocycles. The number of para-hydroxylation sites is 2. The number of aldehydes is 1. The van der Waals surface area contributed by atoms with Gasteiger partial charge in [-0.05, 0) is 42.5 Å². The summed E-state index contributed by atoms with van der Waals surface area (Å²) in [6, 6.07) is 26.4. The molecule has 0 fully saturated rings. The second kappa shape index (κ2) is 10.3. The van der Waals surface area contributed by atoms with Crippen molar-refractivity contribution in [1.82, 2.24) is 0 Å². The van der Waals surface area contributed by atoms with E-state index in [0.29, 0.717) is 43.6 Å². The Kier molecular flexibility index (Phi) is 6.82. The third-order valence-electron chi connectivity index (χ3n) is 4.98. The molecule has 4 rings (SSSR count). The first kappa shape index (κ1) is 21.2. The Morgan fingerprint density at radius 3 is 1.94 bits per heavy atom. The first-order valence-corrected chi connectivity index (χ1v) is 10.4. The molecule has 0 N–H and O–H groups in total. The van der Waals surface area contributed by atoms with Crippen LogP contribution in [0.15, 0.2) is 94.1 Å². The van der Waals surface area contributed by atoms with Crippen molar-refractivity contribution >= 4 is 22.9 Å². The van der Waals surface area contributed by atoms with Gasteiger partial charge in [-0.2, -0.15) is 0 Å². The number of benzene rings is 3. The van der Waals surface area contributed by atoms with Crippen molar-refractivity contribution in [3.8, 4) is 11.5 Å². The Bertz CT molecular complexity index is 1180. The highest BCUT2D eigenvalue weighted by molar-refractivity contribution is 5.86. The molecule has 0 saturated heterocycles. The van der Waals surface area contributed by atoms with Crippen molar-refractivity contribution in [3.05, 3.63) is 101 Å². The van der Waals surface area contributed by atoms with Crippen molar-refractivity contribution < 1.29 is 18.7 Å². The van der Waals surface area contributed by atoms with Gasteiger partial charge in [0.1, 0.15) is 35.9 Å². The highest BCUT2D eigenvalue weighted by Crippen LogP contribution is 2.22. The minimum absolute atomic E-state index is 0.00892. The lowest BCUT2D eigenvalue weighted by Crippen LogP contribution is -2.32. The van der Waals surface area contributed by atoms with Crippen LogP contribution in [-0.2, 0) is 0 Å². The van der Waals surface area contributed by atoms with E-state index < -0.39 is 5.63 Å². The summed E-state index contributed by atoms with van der Waals surface area (Å²) in [6.07, 6.45) is 0.507. The van der Waals surface area contributed by atoms with Crippen LogP contribution in [0.5, 0.6) is 11.5 Å². The summed E-state index contributed by atoms with van der Waals surface area (Å²) in [6.45, 7) is 2.16. The molecule has 0 bridgehead atoms. The van der Waals surface area contributed by atoms with Crippen LogP contribution >= 0.6 is 0 Å². The molecule has 0 aliphatic carbocycles. The van der Waals surface area contributed by atoms with Gasteiger partial charge in [0.15, 0.2) is 6.29 Å². The molecule has 0 atom stereocenters. The zero-order valence-corrected chi connectivity index (χ0v) is 17.5. The fourth-order valence-corrected chi connectivity index (χ4v) is 3.35. The van der Waals surface area contributed by atoms with Crippen molar-refractivity contribution in [2.45, 2.75) is 0 Å². The van der Waals surface area contributed by atoms with Crippen molar-refractivity contribution in [2.24, 2.45) is 0 Å². The number of anilines is 1. The highest BCUT2D eigenvalue weighted by Gasteiger charge is 2.11. The molecule has 0 radical (unpaired) electrons. The Morgan fingerprint density at radius 1 is 0.781 bits per heavy atom. The van der Waals surface area contributed by atoms with E-state index in [9.17, 15) is 9.59 Å². The summed E-state index contributed by atoms with van der Waals surface area (Å²) in [5, 5.41) is 0.691. The number of hydrogen-bond acceptors (Lipinski definition) is 6. The van der Waals surface area contributed by atoms with Gasteiger partial charge in [-0.25, -0.2) is 4.79 Å². The Morgan fingerprint density at radius 2 is 1.38 bits per heavy atom. The van der Waals surface area contributed by atoms with Crippen LogP contribution in [0.25, 0.3) is 11.0 Å². The molecule has 0 saturated carbocycles. The fourth-order valence-electron chi connectivity index (χ4n) is 3.35. The normalized spacial score (nSPS) is 10.6.